The Morgan fingerprint density at radius 3 is 2.60 bits per heavy atom. The van der Waals surface area contributed by atoms with E-state index in [4.69, 9.17) is 11.6 Å². The summed E-state index contributed by atoms with van der Waals surface area (Å²) < 4.78 is 31.6. The third kappa shape index (κ3) is 4.14. The normalized spacial score (nSPS) is 11.2. The van der Waals surface area contributed by atoms with Crippen LogP contribution in [0.15, 0.2) is 28.1 Å². The summed E-state index contributed by atoms with van der Waals surface area (Å²) >= 11 is 8.36. The van der Waals surface area contributed by atoms with Crippen molar-refractivity contribution in [3.8, 4) is 0 Å². The molecule has 0 aliphatic carbocycles. The number of carbonyl (C=O) groups is 2. The van der Waals surface area contributed by atoms with Crippen LogP contribution in [0.4, 0.5) is 0 Å². The van der Waals surface area contributed by atoms with E-state index >= 15 is 0 Å². The van der Waals surface area contributed by atoms with E-state index in [1.54, 1.807) is 13.2 Å². The van der Waals surface area contributed by atoms with Crippen molar-refractivity contribution in [3.05, 3.63) is 38.7 Å². The zero-order valence-electron chi connectivity index (χ0n) is 13.3. The average Bonchev–Trinajstić information content (AvgIpc) is 2.94. The van der Waals surface area contributed by atoms with Gasteiger partial charge in [0.05, 0.1) is 17.7 Å². The Morgan fingerprint density at radius 1 is 1.36 bits per heavy atom. The SMILES string of the molecule is COC(=O)c1cccc(Cl)c1S(=O)(=O)NC(=O)c1nc(SC)c(C)s1. The van der Waals surface area contributed by atoms with Crippen molar-refractivity contribution in [2.45, 2.75) is 16.8 Å². The Kier molecular flexibility index (Phi) is 6.09. The van der Waals surface area contributed by atoms with E-state index in [0.717, 1.165) is 23.3 Å². The predicted molar refractivity (Wildman–Crippen MR) is 96.1 cm³/mol. The largest absolute Gasteiger partial charge is 0.465 e. The molecule has 11 heteroatoms. The van der Waals surface area contributed by atoms with Gasteiger partial charge in [0.2, 0.25) is 0 Å². The summed E-state index contributed by atoms with van der Waals surface area (Å²) in [6.45, 7) is 1.78. The summed E-state index contributed by atoms with van der Waals surface area (Å²) in [5.74, 6) is -1.78. The zero-order valence-corrected chi connectivity index (χ0v) is 16.5. The summed E-state index contributed by atoms with van der Waals surface area (Å²) in [5.41, 5.74) is -0.268. The monoisotopic (exact) mass is 420 g/mol. The first-order chi connectivity index (χ1) is 11.7. The van der Waals surface area contributed by atoms with Crippen LogP contribution in [0.2, 0.25) is 5.02 Å². The van der Waals surface area contributed by atoms with Crippen molar-refractivity contribution in [1.82, 2.24) is 9.71 Å². The summed E-state index contributed by atoms with van der Waals surface area (Å²) in [6, 6.07) is 3.95. The molecule has 2 rings (SSSR count). The lowest BCUT2D eigenvalue weighted by Crippen LogP contribution is -2.32. The van der Waals surface area contributed by atoms with Crippen molar-refractivity contribution in [1.29, 1.82) is 0 Å². The first-order valence-electron chi connectivity index (χ1n) is 6.66. The Labute approximate surface area is 157 Å². The van der Waals surface area contributed by atoms with Gasteiger partial charge in [0.1, 0.15) is 9.92 Å². The van der Waals surface area contributed by atoms with E-state index in [0.29, 0.717) is 5.03 Å². The number of aryl methyl sites for hydroxylation is 1. The molecule has 1 aromatic heterocycles. The standard InChI is InChI=1S/C14H13ClN2O5S3/c1-7-12(23-3)16-13(24-7)11(18)17-25(20,21)10-8(14(19)22-2)5-4-6-9(10)15/h4-6H,1-3H3,(H,17,18). The molecule has 1 N–H and O–H groups in total. The second-order valence-electron chi connectivity index (χ2n) is 4.63. The molecule has 1 amide bonds. The van der Waals surface area contributed by atoms with Gasteiger partial charge in [-0.25, -0.2) is 22.9 Å². The van der Waals surface area contributed by atoms with Crippen LogP contribution in [-0.4, -0.2) is 38.6 Å². The minimum absolute atomic E-state index is 0.00269. The molecule has 1 aromatic carbocycles. The number of aromatic nitrogens is 1. The van der Waals surface area contributed by atoms with Gasteiger partial charge in [0.15, 0.2) is 5.01 Å². The molecule has 0 aliphatic heterocycles. The summed E-state index contributed by atoms with van der Waals surface area (Å²) in [6.07, 6.45) is 1.80. The number of thioether (sulfide) groups is 1. The van der Waals surface area contributed by atoms with E-state index in [1.165, 1.54) is 30.0 Å². The van der Waals surface area contributed by atoms with Gasteiger partial charge in [-0.1, -0.05) is 17.7 Å². The number of nitrogens with one attached hydrogen (secondary N) is 1. The topological polar surface area (TPSA) is 102 Å². The number of hydrogen-bond donors (Lipinski definition) is 1. The smallest absolute Gasteiger partial charge is 0.339 e. The number of halogens is 1. The predicted octanol–water partition coefficient (Wildman–Crippen LogP) is 2.73. The van der Waals surface area contributed by atoms with Gasteiger partial charge in [0.25, 0.3) is 15.9 Å². The van der Waals surface area contributed by atoms with Crippen molar-refractivity contribution < 1.29 is 22.7 Å². The molecule has 0 spiro atoms. The van der Waals surface area contributed by atoms with E-state index in [9.17, 15) is 18.0 Å². The molecular formula is C14H13ClN2O5S3. The van der Waals surface area contributed by atoms with Crippen LogP contribution >= 0.6 is 34.7 Å². The lowest BCUT2D eigenvalue weighted by molar-refractivity contribution is 0.0596. The molecule has 1 heterocycles. The second-order valence-corrected chi connectivity index (χ2v) is 8.65. The van der Waals surface area contributed by atoms with Gasteiger partial charge in [0, 0.05) is 4.88 Å². The van der Waals surface area contributed by atoms with Crippen LogP contribution in [0.5, 0.6) is 0 Å². The van der Waals surface area contributed by atoms with Gasteiger partial charge in [-0.3, -0.25) is 4.79 Å². The Morgan fingerprint density at radius 2 is 2.04 bits per heavy atom. The molecule has 0 aliphatic rings. The van der Waals surface area contributed by atoms with Gasteiger partial charge in [-0.05, 0) is 25.3 Å². The number of thiazole rings is 1. The second kappa shape index (κ2) is 7.73. The summed E-state index contributed by atoms with van der Waals surface area (Å²) in [5, 5.41) is 0.431. The molecule has 0 fully saturated rings. The number of nitrogens with zero attached hydrogens (tertiary/aromatic N) is 1. The fourth-order valence-electron chi connectivity index (χ4n) is 1.94. The molecule has 0 unspecified atom stereocenters. The first kappa shape index (κ1) is 19.7. The van der Waals surface area contributed by atoms with Crippen molar-refractivity contribution in [3.63, 3.8) is 0 Å². The number of ether oxygens (including phenoxy) is 1. The van der Waals surface area contributed by atoms with Crippen LogP contribution in [0.1, 0.15) is 25.0 Å². The highest BCUT2D eigenvalue weighted by Crippen LogP contribution is 2.28. The summed E-state index contributed by atoms with van der Waals surface area (Å²) in [7, 11) is -3.30. The maximum atomic E-state index is 12.6. The minimum atomic E-state index is -4.41. The molecule has 2 aromatic rings. The molecule has 0 saturated carbocycles. The number of benzene rings is 1. The number of rotatable bonds is 5. The zero-order chi connectivity index (χ0) is 18.8. The molecule has 0 bridgehead atoms. The third-order valence-corrected chi connectivity index (χ3v) is 6.75. The van der Waals surface area contributed by atoms with Crippen molar-refractivity contribution in [2.24, 2.45) is 0 Å². The highest BCUT2D eigenvalue weighted by Gasteiger charge is 2.29. The van der Waals surface area contributed by atoms with Crippen molar-refractivity contribution >= 4 is 56.6 Å². The Balaban J connectivity index is 2.42. The van der Waals surface area contributed by atoms with E-state index in [-0.39, 0.29) is 15.6 Å². The van der Waals surface area contributed by atoms with Gasteiger partial charge >= 0.3 is 5.97 Å². The average molecular weight is 421 g/mol. The number of hydrogen-bond acceptors (Lipinski definition) is 8. The lowest BCUT2D eigenvalue weighted by Gasteiger charge is -2.11. The Bertz CT molecular complexity index is 940. The minimum Gasteiger partial charge on any atom is -0.465 e. The van der Waals surface area contributed by atoms with Gasteiger partial charge in [-0.15, -0.1) is 23.1 Å². The van der Waals surface area contributed by atoms with Crippen molar-refractivity contribution in [2.75, 3.05) is 13.4 Å². The third-order valence-electron chi connectivity index (χ3n) is 3.01. The number of esters is 1. The molecular weight excluding hydrogens is 408 g/mol. The number of amides is 1. The van der Waals surface area contributed by atoms with E-state index < -0.39 is 26.8 Å². The van der Waals surface area contributed by atoms with Crippen LogP contribution < -0.4 is 4.72 Å². The van der Waals surface area contributed by atoms with E-state index in [1.807, 2.05) is 4.72 Å². The lowest BCUT2D eigenvalue weighted by atomic mass is 10.2. The highest BCUT2D eigenvalue weighted by atomic mass is 35.5. The molecule has 134 valence electrons. The quantitative estimate of drug-likeness (QED) is 0.585. The van der Waals surface area contributed by atoms with Gasteiger partial charge in [-0.2, -0.15) is 0 Å². The number of sulfonamides is 1. The van der Waals surface area contributed by atoms with Crippen LogP contribution in [0.3, 0.4) is 0 Å². The maximum absolute atomic E-state index is 12.6. The number of carbonyl (C=O) groups excluding carboxylic acids is 2. The first-order valence-corrected chi connectivity index (χ1v) is 10.6. The molecule has 0 atom stereocenters. The number of methoxy groups -OCH3 is 1. The maximum Gasteiger partial charge on any atom is 0.339 e. The highest BCUT2D eigenvalue weighted by molar-refractivity contribution is 7.98. The summed E-state index contributed by atoms with van der Waals surface area (Å²) in [4.78, 5) is 28.4. The van der Waals surface area contributed by atoms with Gasteiger partial charge < -0.3 is 4.74 Å². The molecule has 0 radical (unpaired) electrons. The van der Waals surface area contributed by atoms with Crippen LogP contribution in [0, 0.1) is 6.92 Å². The fraction of sp³-hybridized carbons (Fsp3) is 0.214. The van der Waals surface area contributed by atoms with Crippen LogP contribution in [0.25, 0.3) is 0 Å². The molecule has 7 nitrogen and oxygen atoms in total. The fourth-order valence-corrected chi connectivity index (χ4v) is 5.30. The Hall–Kier alpha value is -1.62. The molecule has 25 heavy (non-hydrogen) atoms. The van der Waals surface area contributed by atoms with Crippen LogP contribution in [-0.2, 0) is 14.8 Å². The van der Waals surface area contributed by atoms with E-state index in [2.05, 4.69) is 9.72 Å². The molecule has 0 saturated heterocycles.